The van der Waals surface area contributed by atoms with Gasteiger partial charge in [-0.25, -0.2) is 0 Å². The summed E-state index contributed by atoms with van der Waals surface area (Å²) in [6, 6.07) is 0.0814. The minimum absolute atomic E-state index is 0.0394. The number of nitrogens with zero attached hydrogens (tertiary/aromatic N) is 3. The summed E-state index contributed by atoms with van der Waals surface area (Å²) in [6.45, 7) is 5.16. The third-order valence-electron chi connectivity index (χ3n) is 1.58. The number of rotatable bonds is 4. The molecule has 1 aromatic rings. The maximum absolute atomic E-state index is 11.4. The lowest BCUT2D eigenvalue weighted by Crippen LogP contribution is -2.33. The van der Waals surface area contributed by atoms with Gasteiger partial charge in [0, 0.05) is 13.0 Å². The number of carbonyl (C=O) groups excluding carboxylic acids is 2. The number of nitrogens with one attached hydrogen (secondary N) is 2. The molecular formula is C9H15N5O2. The quantitative estimate of drug-likeness (QED) is 0.740. The highest BCUT2D eigenvalue weighted by Crippen LogP contribution is 1.98. The Morgan fingerprint density at radius 3 is 2.75 bits per heavy atom. The molecule has 2 amide bonds. The van der Waals surface area contributed by atoms with Crippen LogP contribution in [0.15, 0.2) is 6.20 Å². The Kier molecular flexibility index (Phi) is 3.98. The molecule has 0 saturated carbocycles. The number of hydrogen-bond acceptors (Lipinski definition) is 4. The van der Waals surface area contributed by atoms with E-state index in [4.69, 9.17) is 0 Å². The van der Waals surface area contributed by atoms with Crippen molar-refractivity contribution >= 4 is 17.6 Å². The highest BCUT2D eigenvalue weighted by atomic mass is 16.2. The van der Waals surface area contributed by atoms with Crippen molar-refractivity contribution in [3.8, 4) is 0 Å². The van der Waals surface area contributed by atoms with Gasteiger partial charge in [-0.3, -0.25) is 9.59 Å². The zero-order chi connectivity index (χ0) is 12.1. The fourth-order valence-electron chi connectivity index (χ4n) is 1.11. The Labute approximate surface area is 93.2 Å². The van der Waals surface area contributed by atoms with E-state index in [1.165, 1.54) is 17.9 Å². The molecule has 1 aromatic heterocycles. The zero-order valence-corrected chi connectivity index (χ0v) is 9.52. The maximum atomic E-state index is 11.4. The molecule has 16 heavy (non-hydrogen) atoms. The fraction of sp³-hybridized carbons (Fsp3) is 0.556. The second-order valence-corrected chi connectivity index (χ2v) is 3.66. The summed E-state index contributed by atoms with van der Waals surface area (Å²) >= 11 is 0. The van der Waals surface area contributed by atoms with Crippen LogP contribution in [0.2, 0.25) is 0 Å². The molecule has 1 heterocycles. The predicted octanol–water partition coefficient (Wildman–Crippen LogP) is -0.239. The molecule has 0 aliphatic heterocycles. The van der Waals surface area contributed by atoms with E-state index in [1.807, 2.05) is 13.8 Å². The van der Waals surface area contributed by atoms with Crippen LogP contribution in [0.3, 0.4) is 0 Å². The molecule has 0 fully saturated rings. The Hall–Kier alpha value is -1.92. The molecule has 0 unspecified atom stereocenters. The van der Waals surface area contributed by atoms with E-state index in [-0.39, 0.29) is 24.4 Å². The van der Waals surface area contributed by atoms with Gasteiger partial charge in [-0.1, -0.05) is 0 Å². The van der Waals surface area contributed by atoms with Crippen LogP contribution >= 0.6 is 0 Å². The average Bonchev–Trinajstić information content (AvgIpc) is 2.49. The molecule has 0 radical (unpaired) electrons. The van der Waals surface area contributed by atoms with Crippen molar-refractivity contribution < 1.29 is 9.59 Å². The standard InChI is InChI=1S/C9H15N5O2/c1-6(2)11-9(16)5-14-10-4-8(13-14)12-7(3)15/h4,6H,5H2,1-3H3,(H,11,16)(H,12,13,15). The Morgan fingerprint density at radius 2 is 2.19 bits per heavy atom. The molecule has 0 bridgehead atoms. The van der Waals surface area contributed by atoms with E-state index < -0.39 is 0 Å². The van der Waals surface area contributed by atoms with Crippen molar-refractivity contribution in [1.82, 2.24) is 20.3 Å². The maximum Gasteiger partial charge on any atom is 0.243 e. The summed E-state index contributed by atoms with van der Waals surface area (Å²) < 4.78 is 0. The molecule has 1 rings (SSSR count). The number of carbonyl (C=O) groups is 2. The molecule has 0 saturated heterocycles. The van der Waals surface area contributed by atoms with Crippen molar-refractivity contribution in [1.29, 1.82) is 0 Å². The molecule has 7 nitrogen and oxygen atoms in total. The molecule has 0 aliphatic rings. The van der Waals surface area contributed by atoms with Gasteiger partial charge in [-0.15, -0.1) is 5.10 Å². The van der Waals surface area contributed by atoms with Crippen molar-refractivity contribution in [2.75, 3.05) is 5.32 Å². The smallest absolute Gasteiger partial charge is 0.243 e. The fourth-order valence-corrected chi connectivity index (χ4v) is 1.11. The van der Waals surface area contributed by atoms with Gasteiger partial charge < -0.3 is 10.6 Å². The lowest BCUT2D eigenvalue weighted by Gasteiger charge is -2.06. The van der Waals surface area contributed by atoms with Gasteiger partial charge in [0.15, 0.2) is 5.82 Å². The highest BCUT2D eigenvalue weighted by molar-refractivity contribution is 5.87. The predicted molar refractivity (Wildman–Crippen MR) is 57.6 cm³/mol. The van der Waals surface area contributed by atoms with Gasteiger partial charge >= 0.3 is 0 Å². The minimum Gasteiger partial charge on any atom is -0.352 e. The van der Waals surface area contributed by atoms with Crippen molar-refractivity contribution in [2.24, 2.45) is 0 Å². The Balaban J connectivity index is 2.51. The van der Waals surface area contributed by atoms with Crippen LogP contribution in [-0.4, -0.2) is 32.9 Å². The summed E-state index contributed by atoms with van der Waals surface area (Å²) in [5.41, 5.74) is 0. The van der Waals surface area contributed by atoms with Crippen LogP contribution in [0.25, 0.3) is 0 Å². The summed E-state index contributed by atoms with van der Waals surface area (Å²) in [6.07, 6.45) is 1.39. The van der Waals surface area contributed by atoms with Crippen LogP contribution in [0, 0.1) is 0 Å². The van der Waals surface area contributed by atoms with Gasteiger partial charge in [0.05, 0.1) is 6.20 Å². The van der Waals surface area contributed by atoms with Gasteiger partial charge in [-0.05, 0) is 13.8 Å². The van der Waals surface area contributed by atoms with E-state index in [0.717, 1.165) is 0 Å². The molecule has 0 spiro atoms. The van der Waals surface area contributed by atoms with Crippen LogP contribution in [0.5, 0.6) is 0 Å². The van der Waals surface area contributed by atoms with Gasteiger partial charge in [0.1, 0.15) is 6.54 Å². The van der Waals surface area contributed by atoms with Gasteiger partial charge in [-0.2, -0.15) is 9.90 Å². The first-order valence-corrected chi connectivity index (χ1v) is 4.94. The number of hydrogen-bond donors (Lipinski definition) is 2. The SMILES string of the molecule is CC(=O)Nc1cnn(CC(=O)NC(C)C)n1. The lowest BCUT2D eigenvalue weighted by atomic mass is 10.4. The first-order chi connectivity index (χ1) is 7.47. The van der Waals surface area contributed by atoms with Crippen LogP contribution in [-0.2, 0) is 16.1 Å². The molecule has 0 atom stereocenters. The van der Waals surface area contributed by atoms with Crippen molar-refractivity contribution in [3.63, 3.8) is 0 Å². The number of anilines is 1. The van der Waals surface area contributed by atoms with E-state index in [9.17, 15) is 9.59 Å². The monoisotopic (exact) mass is 225 g/mol. The second kappa shape index (κ2) is 5.24. The summed E-state index contributed by atoms with van der Waals surface area (Å²) in [7, 11) is 0. The Morgan fingerprint density at radius 1 is 1.50 bits per heavy atom. The summed E-state index contributed by atoms with van der Waals surface area (Å²) in [4.78, 5) is 23.3. The average molecular weight is 225 g/mol. The summed E-state index contributed by atoms with van der Waals surface area (Å²) in [5, 5.41) is 12.9. The molecule has 7 heteroatoms. The Bertz CT molecular complexity index is 385. The van der Waals surface area contributed by atoms with Crippen LogP contribution in [0.1, 0.15) is 20.8 Å². The third kappa shape index (κ3) is 4.07. The third-order valence-corrected chi connectivity index (χ3v) is 1.58. The van der Waals surface area contributed by atoms with Crippen LogP contribution in [0.4, 0.5) is 5.82 Å². The van der Waals surface area contributed by atoms with Crippen molar-refractivity contribution in [3.05, 3.63) is 6.20 Å². The first kappa shape index (κ1) is 12.2. The van der Waals surface area contributed by atoms with Gasteiger partial charge in [0.25, 0.3) is 0 Å². The minimum atomic E-state index is -0.223. The van der Waals surface area contributed by atoms with E-state index >= 15 is 0 Å². The topological polar surface area (TPSA) is 88.9 Å². The number of aromatic nitrogens is 3. The van der Waals surface area contributed by atoms with Crippen molar-refractivity contribution in [2.45, 2.75) is 33.4 Å². The highest BCUT2D eigenvalue weighted by Gasteiger charge is 2.07. The second-order valence-electron chi connectivity index (χ2n) is 3.66. The van der Waals surface area contributed by atoms with E-state index in [2.05, 4.69) is 20.8 Å². The number of amides is 2. The molecule has 0 aliphatic carbocycles. The van der Waals surface area contributed by atoms with E-state index in [0.29, 0.717) is 5.82 Å². The lowest BCUT2D eigenvalue weighted by molar-refractivity contribution is -0.122. The first-order valence-electron chi connectivity index (χ1n) is 4.94. The largest absolute Gasteiger partial charge is 0.352 e. The zero-order valence-electron chi connectivity index (χ0n) is 9.52. The molecule has 2 N–H and O–H groups in total. The molecular weight excluding hydrogens is 210 g/mol. The van der Waals surface area contributed by atoms with Crippen LogP contribution < -0.4 is 10.6 Å². The molecule has 0 aromatic carbocycles. The van der Waals surface area contributed by atoms with E-state index in [1.54, 1.807) is 0 Å². The normalized spacial score (nSPS) is 10.2. The van der Waals surface area contributed by atoms with Gasteiger partial charge in [0.2, 0.25) is 11.8 Å². The summed E-state index contributed by atoms with van der Waals surface area (Å²) in [5.74, 6) is -0.0523. The molecule has 88 valence electrons.